The number of methoxy groups -OCH3 is 2. The number of alkyl halides is 3. The van der Waals surface area contributed by atoms with Gasteiger partial charge in [0, 0.05) is 18.0 Å². The summed E-state index contributed by atoms with van der Waals surface area (Å²) in [5.74, 6) is -4.01. The maximum atomic E-state index is 14.6. The second-order valence-corrected chi connectivity index (χ2v) is 6.79. The Morgan fingerprint density at radius 2 is 1.74 bits per heavy atom. The fourth-order valence-electron chi connectivity index (χ4n) is 2.82. The van der Waals surface area contributed by atoms with Gasteiger partial charge in [0.05, 0.1) is 26.6 Å². The lowest BCUT2D eigenvalue weighted by Crippen LogP contribution is -2.17. The highest BCUT2D eigenvalue weighted by molar-refractivity contribution is 6.07. The number of nitrogens with zero attached hydrogens (tertiary/aromatic N) is 2. The summed E-state index contributed by atoms with van der Waals surface area (Å²) in [6.45, 7) is 1.60. The lowest BCUT2D eigenvalue weighted by Gasteiger charge is -2.16. The van der Waals surface area contributed by atoms with Gasteiger partial charge in [0.1, 0.15) is 17.0 Å². The van der Waals surface area contributed by atoms with Crippen LogP contribution in [-0.2, 0) is 4.74 Å². The quantitative estimate of drug-likeness (QED) is 0.372. The van der Waals surface area contributed by atoms with Crippen LogP contribution in [0.4, 0.5) is 23.2 Å². The maximum absolute atomic E-state index is 14.6. The zero-order valence-corrected chi connectivity index (χ0v) is 18.4. The van der Waals surface area contributed by atoms with Crippen molar-refractivity contribution in [1.29, 1.82) is 0 Å². The van der Waals surface area contributed by atoms with Crippen LogP contribution in [0, 0.1) is 12.7 Å². The van der Waals surface area contributed by atoms with Gasteiger partial charge in [-0.1, -0.05) is 0 Å². The summed E-state index contributed by atoms with van der Waals surface area (Å²) in [6.07, 6.45) is -1.79. The van der Waals surface area contributed by atoms with Crippen molar-refractivity contribution >= 4 is 17.6 Å². The Hall–Kier alpha value is -4.42. The molecule has 13 heteroatoms. The van der Waals surface area contributed by atoms with Gasteiger partial charge in [-0.25, -0.2) is 14.2 Å². The van der Waals surface area contributed by atoms with Crippen molar-refractivity contribution in [3.05, 3.63) is 65.5 Å². The number of aromatic nitrogens is 2. The molecule has 0 saturated heterocycles. The molecule has 184 valence electrons. The van der Waals surface area contributed by atoms with Gasteiger partial charge < -0.3 is 24.3 Å². The van der Waals surface area contributed by atoms with Crippen molar-refractivity contribution < 1.29 is 46.1 Å². The molecule has 0 saturated carbocycles. The largest absolute Gasteiger partial charge is 0.573 e. The number of anilines is 1. The van der Waals surface area contributed by atoms with Gasteiger partial charge in [0.15, 0.2) is 23.1 Å². The van der Waals surface area contributed by atoms with E-state index in [0.717, 1.165) is 37.7 Å². The molecular formula is C22H17F4N3O6. The predicted molar refractivity (Wildman–Crippen MR) is 112 cm³/mol. The highest BCUT2D eigenvalue weighted by atomic mass is 19.4. The highest BCUT2D eigenvalue weighted by Crippen LogP contribution is 2.37. The smallest absolute Gasteiger partial charge is 0.493 e. The lowest BCUT2D eigenvalue weighted by molar-refractivity contribution is -0.274. The number of hydrogen-bond acceptors (Lipinski definition) is 8. The van der Waals surface area contributed by atoms with Crippen LogP contribution in [0.1, 0.15) is 26.4 Å². The van der Waals surface area contributed by atoms with E-state index in [-0.39, 0.29) is 28.6 Å². The van der Waals surface area contributed by atoms with Crippen molar-refractivity contribution in [2.45, 2.75) is 13.3 Å². The highest BCUT2D eigenvalue weighted by Gasteiger charge is 2.31. The predicted octanol–water partition coefficient (Wildman–Crippen LogP) is 4.66. The molecule has 3 rings (SSSR count). The summed E-state index contributed by atoms with van der Waals surface area (Å²) in [5.41, 5.74) is -0.0388. The minimum atomic E-state index is -4.93. The van der Waals surface area contributed by atoms with Gasteiger partial charge >= 0.3 is 12.3 Å². The lowest BCUT2D eigenvalue weighted by atomic mass is 10.1. The molecule has 9 nitrogen and oxygen atoms in total. The van der Waals surface area contributed by atoms with Gasteiger partial charge in [0.25, 0.3) is 5.91 Å². The number of ether oxygens (including phenoxy) is 4. The first kappa shape index (κ1) is 25.2. The second kappa shape index (κ2) is 10.2. The van der Waals surface area contributed by atoms with Crippen molar-refractivity contribution in [3.8, 4) is 23.0 Å². The van der Waals surface area contributed by atoms with Crippen LogP contribution in [-0.4, -0.2) is 42.4 Å². The molecule has 1 N–H and O–H groups in total. The van der Waals surface area contributed by atoms with Gasteiger partial charge in [-0.3, -0.25) is 9.78 Å². The molecule has 1 amide bonds. The van der Waals surface area contributed by atoms with Gasteiger partial charge in [-0.15, -0.1) is 13.2 Å². The van der Waals surface area contributed by atoms with E-state index >= 15 is 0 Å². The Balaban J connectivity index is 1.93. The van der Waals surface area contributed by atoms with Crippen LogP contribution in [0.25, 0.3) is 0 Å². The Morgan fingerprint density at radius 3 is 2.40 bits per heavy atom. The first-order valence-electron chi connectivity index (χ1n) is 9.64. The van der Waals surface area contributed by atoms with Crippen molar-refractivity contribution in [2.24, 2.45) is 0 Å². The van der Waals surface area contributed by atoms with E-state index in [1.807, 2.05) is 0 Å². The molecule has 0 aliphatic heterocycles. The van der Waals surface area contributed by atoms with Crippen molar-refractivity contribution in [3.63, 3.8) is 0 Å². The number of carbonyl (C=O) groups is 2. The molecule has 0 aliphatic rings. The van der Waals surface area contributed by atoms with Crippen LogP contribution >= 0.6 is 0 Å². The van der Waals surface area contributed by atoms with E-state index in [0.29, 0.717) is 5.56 Å². The number of amides is 1. The van der Waals surface area contributed by atoms with Crippen molar-refractivity contribution in [2.75, 3.05) is 19.5 Å². The fourth-order valence-corrected chi connectivity index (χ4v) is 2.82. The summed E-state index contributed by atoms with van der Waals surface area (Å²) in [4.78, 5) is 32.2. The summed E-state index contributed by atoms with van der Waals surface area (Å²) in [6, 6.07) is 4.19. The number of nitrogens with one attached hydrogen (secondary N) is 1. The summed E-state index contributed by atoms with van der Waals surface area (Å²) in [7, 11) is 2.33. The monoisotopic (exact) mass is 495 g/mol. The van der Waals surface area contributed by atoms with E-state index in [4.69, 9.17) is 9.47 Å². The minimum absolute atomic E-state index is 0.0917. The maximum Gasteiger partial charge on any atom is 0.573 e. The third-order valence-corrected chi connectivity index (χ3v) is 4.43. The normalized spacial score (nSPS) is 10.9. The summed E-state index contributed by atoms with van der Waals surface area (Å²) < 4.78 is 71.1. The Labute approximate surface area is 195 Å². The molecule has 0 spiro atoms. The number of esters is 1. The number of carbonyl (C=O) groups excluding carboxylic acids is 2. The molecule has 0 aliphatic carbocycles. The van der Waals surface area contributed by atoms with Crippen LogP contribution in [0.3, 0.4) is 0 Å². The van der Waals surface area contributed by atoms with Crippen LogP contribution in [0.2, 0.25) is 0 Å². The topological polar surface area (TPSA) is 109 Å². The van der Waals surface area contributed by atoms with Crippen LogP contribution < -0.4 is 19.5 Å². The van der Waals surface area contributed by atoms with E-state index in [1.54, 1.807) is 6.92 Å². The second-order valence-electron chi connectivity index (χ2n) is 6.79. The standard InChI is InChI=1S/C22H17F4N3O6/c1-11-8-28-15(21(31)33-3)7-14(11)29-20(30)19-13(23)9-27-10-18(19)34-16-5-4-12(6-17(16)32-2)35-22(24,25)26/h4-10H,1-3H3,(H,28,29,30). The van der Waals surface area contributed by atoms with Gasteiger partial charge in [-0.05, 0) is 30.7 Å². The Morgan fingerprint density at radius 1 is 1.00 bits per heavy atom. The van der Waals surface area contributed by atoms with Crippen LogP contribution in [0.15, 0.2) is 42.9 Å². The first-order valence-corrected chi connectivity index (χ1v) is 9.64. The number of rotatable bonds is 7. The SMILES string of the molecule is COC(=O)c1cc(NC(=O)c2c(F)cncc2Oc2ccc(OC(F)(F)F)cc2OC)c(C)cn1. The molecule has 35 heavy (non-hydrogen) atoms. The average Bonchev–Trinajstić information content (AvgIpc) is 2.80. The number of pyridine rings is 2. The summed E-state index contributed by atoms with van der Waals surface area (Å²) >= 11 is 0. The third kappa shape index (κ3) is 6.13. The summed E-state index contributed by atoms with van der Waals surface area (Å²) in [5, 5.41) is 2.47. The zero-order chi connectivity index (χ0) is 25.8. The molecule has 0 atom stereocenters. The number of aryl methyl sites for hydroxylation is 1. The Bertz CT molecular complexity index is 1270. The molecule has 0 fully saturated rings. The number of hydrogen-bond donors (Lipinski definition) is 1. The molecule has 0 bridgehead atoms. The van der Waals surface area contributed by atoms with E-state index in [2.05, 4.69) is 24.8 Å². The molecule has 1 aromatic carbocycles. The van der Waals surface area contributed by atoms with E-state index < -0.39 is 35.4 Å². The van der Waals surface area contributed by atoms with E-state index in [1.165, 1.54) is 19.4 Å². The first-order chi connectivity index (χ1) is 16.5. The fraction of sp³-hybridized carbons (Fsp3) is 0.182. The van der Waals surface area contributed by atoms with Gasteiger partial charge in [-0.2, -0.15) is 0 Å². The molecule has 2 aromatic heterocycles. The number of halogens is 4. The molecule has 0 unspecified atom stereocenters. The zero-order valence-electron chi connectivity index (χ0n) is 18.4. The molecule has 0 radical (unpaired) electrons. The average molecular weight is 495 g/mol. The van der Waals surface area contributed by atoms with Crippen LogP contribution in [0.5, 0.6) is 23.0 Å². The molecule has 3 aromatic rings. The number of benzene rings is 1. The van der Waals surface area contributed by atoms with E-state index in [9.17, 15) is 27.2 Å². The van der Waals surface area contributed by atoms with Crippen molar-refractivity contribution in [1.82, 2.24) is 9.97 Å². The Kier molecular flexibility index (Phi) is 7.37. The minimum Gasteiger partial charge on any atom is -0.493 e. The van der Waals surface area contributed by atoms with Gasteiger partial charge in [0.2, 0.25) is 0 Å². The molecular weight excluding hydrogens is 478 g/mol. The third-order valence-electron chi connectivity index (χ3n) is 4.43. The molecule has 2 heterocycles.